The highest BCUT2D eigenvalue weighted by Crippen LogP contribution is 2.30. The number of carbonyl (C=O) groups excluding carboxylic acids is 1. The van der Waals surface area contributed by atoms with Crippen molar-refractivity contribution >= 4 is 46.2 Å². The van der Waals surface area contributed by atoms with Gasteiger partial charge in [0, 0.05) is 28.3 Å². The Bertz CT molecular complexity index is 858. The van der Waals surface area contributed by atoms with Gasteiger partial charge in [0.2, 0.25) is 0 Å². The fraction of sp³-hybridized carbons (Fsp3) is 0.235. The zero-order valence-corrected chi connectivity index (χ0v) is 15.1. The minimum absolute atomic E-state index is 0.0986. The van der Waals surface area contributed by atoms with Gasteiger partial charge in [-0.3, -0.25) is 10.2 Å². The summed E-state index contributed by atoms with van der Waals surface area (Å²) in [5.41, 5.74) is 11.1. The van der Waals surface area contributed by atoms with Gasteiger partial charge in [0.25, 0.3) is 5.91 Å². The number of amides is 1. The number of rotatable bonds is 3. The molecule has 0 bridgehead atoms. The molecule has 4 N–H and O–H groups in total. The number of hydrogen-bond donors (Lipinski definition) is 3. The number of carbonyl (C=O) groups is 1. The van der Waals surface area contributed by atoms with Crippen molar-refractivity contribution in [2.45, 2.75) is 26.2 Å². The van der Waals surface area contributed by atoms with Gasteiger partial charge in [-0.15, -0.1) is 0 Å². The lowest BCUT2D eigenvalue weighted by atomic mass is 9.93. The van der Waals surface area contributed by atoms with Crippen LogP contribution in [0, 0.1) is 6.92 Å². The van der Waals surface area contributed by atoms with E-state index in [-0.39, 0.29) is 16.8 Å². The molecular weight excluding hydrogens is 360 g/mol. The van der Waals surface area contributed by atoms with Crippen molar-refractivity contribution in [3.63, 3.8) is 0 Å². The largest absolute Gasteiger partial charge is 0.455 e. The van der Waals surface area contributed by atoms with Crippen molar-refractivity contribution in [2.24, 2.45) is 10.8 Å². The third kappa shape index (κ3) is 3.83. The van der Waals surface area contributed by atoms with E-state index in [1.165, 1.54) is 0 Å². The highest BCUT2D eigenvalue weighted by atomic mass is 35.5. The molecule has 1 aromatic carbocycles. The van der Waals surface area contributed by atoms with Crippen LogP contribution < -0.4 is 16.5 Å². The van der Waals surface area contributed by atoms with Crippen LogP contribution in [0.3, 0.4) is 0 Å². The molecule has 0 fully saturated rings. The first-order chi connectivity index (χ1) is 12.0. The van der Waals surface area contributed by atoms with Gasteiger partial charge >= 0.3 is 0 Å². The summed E-state index contributed by atoms with van der Waals surface area (Å²) < 4.78 is 5.82. The Hall–Kier alpha value is -2.38. The van der Waals surface area contributed by atoms with Crippen molar-refractivity contribution in [1.82, 2.24) is 5.43 Å². The number of furan rings is 1. The number of hydrazone groups is 1. The van der Waals surface area contributed by atoms with Crippen LogP contribution in [-0.2, 0) is 6.42 Å². The van der Waals surface area contributed by atoms with Crippen LogP contribution in [0.2, 0.25) is 5.02 Å². The molecule has 0 saturated heterocycles. The summed E-state index contributed by atoms with van der Waals surface area (Å²) in [6.07, 6.45) is 2.41. The molecule has 0 saturated carbocycles. The highest BCUT2D eigenvalue weighted by Gasteiger charge is 2.28. The second-order valence-electron chi connectivity index (χ2n) is 5.70. The molecule has 0 unspecified atom stereocenters. The number of nitrogens with zero attached hydrogens (tertiary/aromatic N) is 1. The number of fused-ring (bicyclic) bond motifs is 1. The minimum Gasteiger partial charge on any atom is -0.455 e. The van der Waals surface area contributed by atoms with E-state index in [9.17, 15) is 4.79 Å². The number of aryl methyl sites for hydroxylation is 1. The molecular formula is C17H17ClN4O2S. The predicted octanol–water partition coefficient (Wildman–Crippen LogP) is 3.37. The lowest BCUT2D eigenvalue weighted by Gasteiger charge is -2.13. The maximum absolute atomic E-state index is 12.6. The zero-order chi connectivity index (χ0) is 18.0. The van der Waals surface area contributed by atoms with Gasteiger partial charge < -0.3 is 15.5 Å². The van der Waals surface area contributed by atoms with E-state index in [1.807, 2.05) is 6.92 Å². The van der Waals surface area contributed by atoms with Crippen molar-refractivity contribution in [1.29, 1.82) is 0 Å². The number of halogens is 1. The number of anilines is 1. The Labute approximate surface area is 155 Å². The predicted molar refractivity (Wildman–Crippen MR) is 102 cm³/mol. The molecule has 1 aliphatic rings. The quantitative estimate of drug-likeness (QED) is 0.564. The average molecular weight is 377 g/mol. The van der Waals surface area contributed by atoms with Crippen LogP contribution in [0.4, 0.5) is 5.69 Å². The fourth-order valence-corrected chi connectivity index (χ4v) is 3.01. The van der Waals surface area contributed by atoms with E-state index in [1.54, 1.807) is 24.3 Å². The second kappa shape index (κ2) is 7.25. The smallest absolute Gasteiger partial charge is 0.291 e. The van der Waals surface area contributed by atoms with E-state index in [2.05, 4.69) is 15.8 Å². The number of benzene rings is 1. The molecule has 130 valence electrons. The Kier molecular flexibility index (Phi) is 5.06. The highest BCUT2D eigenvalue weighted by molar-refractivity contribution is 7.80. The Morgan fingerprint density at radius 1 is 1.32 bits per heavy atom. The third-order valence-corrected chi connectivity index (χ3v) is 4.28. The first-order valence-corrected chi connectivity index (χ1v) is 8.56. The van der Waals surface area contributed by atoms with Gasteiger partial charge in [0.15, 0.2) is 10.9 Å². The van der Waals surface area contributed by atoms with E-state index in [0.29, 0.717) is 10.7 Å². The number of nitrogens with two attached hydrogens (primary N) is 1. The number of thiocarbonyl (C=S) groups is 1. The van der Waals surface area contributed by atoms with Gasteiger partial charge in [-0.2, -0.15) is 5.10 Å². The molecule has 25 heavy (non-hydrogen) atoms. The average Bonchev–Trinajstić information content (AvgIpc) is 2.93. The van der Waals surface area contributed by atoms with Crippen molar-refractivity contribution < 1.29 is 9.21 Å². The molecule has 1 aliphatic carbocycles. The number of hydrogen-bond acceptors (Lipinski definition) is 4. The summed E-state index contributed by atoms with van der Waals surface area (Å²) >= 11 is 10.6. The van der Waals surface area contributed by atoms with Crippen LogP contribution in [0.25, 0.3) is 0 Å². The normalized spacial score (nSPS) is 14.9. The van der Waals surface area contributed by atoms with E-state index >= 15 is 0 Å². The molecule has 3 rings (SSSR count). The summed E-state index contributed by atoms with van der Waals surface area (Å²) in [6.45, 7) is 1.85. The van der Waals surface area contributed by atoms with Crippen molar-refractivity contribution in [2.75, 3.05) is 5.32 Å². The van der Waals surface area contributed by atoms with Crippen LogP contribution in [0.5, 0.6) is 0 Å². The summed E-state index contributed by atoms with van der Waals surface area (Å²) in [4.78, 5) is 12.6. The summed E-state index contributed by atoms with van der Waals surface area (Å²) in [5, 5.41) is 7.76. The summed E-state index contributed by atoms with van der Waals surface area (Å²) in [7, 11) is 0. The van der Waals surface area contributed by atoms with Crippen molar-refractivity contribution in [3.8, 4) is 0 Å². The van der Waals surface area contributed by atoms with Gasteiger partial charge in [0.1, 0.15) is 5.76 Å². The monoisotopic (exact) mass is 376 g/mol. The molecule has 0 radical (unpaired) electrons. The Balaban J connectivity index is 1.88. The van der Waals surface area contributed by atoms with E-state index in [4.69, 9.17) is 34.0 Å². The molecule has 2 aromatic rings. The first kappa shape index (κ1) is 17.4. The number of nitrogens with one attached hydrogen (secondary N) is 2. The summed E-state index contributed by atoms with van der Waals surface area (Å²) in [5.74, 6) is 0.731. The van der Waals surface area contributed by atoms with Gasteiger partial charge in [-0.25, -0.2) is 0 Å². The zero-order valence-electron chi connectivity index (χ0n) is 13.6. The standard InChI is InChI=1S/C17H17ClN4O2S/c1-9-14-12(21-22-17(19)25)3-2-4-13(14)24-15(9)16(23)20-11-7-5-10(18)6-8-11/h5-8H,2-4H2,1H3,(H,20,23)(H3,19,22,25)/b21-12+. The van der Waals surface area contributed by atoms with Gasteiger partial charge in [-0.05, 0) is 56.2 Å². The topological polar surface area (TPSA) is 92.6 Å². The van der Waals surface area contributed by atoms with Crippen LogP contribution in [-0.4, -0.2) is 16.7 Å². The molecule has 1 amide bonds. The molecule has 0 spiro atoms. The molecule has 0 aliphatic heterocycles. The SMILES string of the molecule is Cc1c(C(=O)Nc2ccc(Cl)cc2)oc2c1/C(=N/NC(N)=S)CCC2. The maximum atomic E-state index is 12.6. The molecule has 8 heteroatoms. The maximum Gasteiger partial charge on any atom is 0.291 e. The molecule has 0 atom stereocenters. The minimum atomic E-state index is -0.309. The molecule has 1 heterocycles. The van der Waals surface area contributed by atoms with Crippen LogP contribution in [0.1, 0.15) is 40.3 Å². The fourth-order valence-electron chi connectivity index (χ4n) is 2.84. The molecule has 6 nitrogen and oxygen atoms in total. The summed E-state index contributed by atoms with van der Waals surface area (Å²) in [6, 6.07) is 6.89. The van der Waals surface area contributed by atoms with Crippen molar-refractivity contribution in [3.05, 3.63) is 51.9 Å². The second-order valence-corrected chi connectivity index (χ2v) is 6.58. The first-order valence-electron chi connectivity index (χ1n) is 7.77. The van der Waals surface area contributed by atoms with Gasteiger partial charge in [-0.1, -0.05) is 11.6 Å². The van der Waals surface area contributed by atoms with Gasteiger partial charge in [0.05, 0.1) is 5.71 Å². The molecule has 1 aromatic heterocycles. The van der Waals surface area contributed by atoms with Crippen LogP contribution >= 0.6 is 23.8 Å². The van der Waals surface area contributed by atoms with E-state index < -0.39 is 0 Å². The Morgan fingerprint density at radius 3 is 2.72 bits per heavy atom. The third-order valence-electron chi connectivity index (χ3n) is 3.94. The van der Waals surface area contributed by atoms with E-state index in [0.717, 1.165) is 41.9 Å². The Morgan fingerprint density at radius 2 is 2.04 bits per heavy atom. The lowest BCUT2D eigenvalue weighted by Crippen LogP contribution is -2.26. The lowest BCUT2D eigenvalue weighted by molar-refractivity contribution is 0.0994. The van der Waals surface area contributed by atoms with Crippen LogP contribution in [0.15, 0.2) is 33.8 Å².